The quantitative estimate of drug-likeness (QED) is 0.869. The fourth-order valence-corrected chi connectivity index (χ4v) is 2.36. The van der Waals surface area contributed by atoms with Crippen molar-refractivity contribution in [2.24, 2.45) is 7.05 Å². The molecule has 0 bridgehead atoms. The van der Waals surface area contributed by atoms with E-state index in [0.717, 1.165) is 11.4 Å². The molecule has 0 spiro atoms. The van der Waals surface area contributed by atoms with Gasteiger partial charge in [0.25, 0.3) is 5.56 Å². The number of nitrogens with zero attached hydrogens (tertiary/aromatic N) is 2. The second-order valence-electron chi connectivity index (χ2n) is 4.42. The van der Waals surface area contributed by atoms with Gasteiger partial charge in [0.05, 0.1) is 11.4 Å². The SMILES string of the molecule is Cc1c(NC(=O)CCBr)c(=O)n(-c2ccccc2)n1C. The van der Waals surface area contributed by atoms with Crippen molar-refractivity contribution in [3.8, 4) is 5.69 Å². The van der Waals surface area contributed by atoms with E-state index in [2.05, 4.69) is 21.2 Å². The van der Waals surface area contributed by atoms with E-state index in [1.54, 1.807) is 16.4 Å². The van der Waals surface area contributed by atoms with Gasteiger partial charge < -0.3 is 5.32 Å². The van der Waals surface area contributed by atoms with Crippen LogP contribution in [0.1, 0.15) is 12.1 Å². The van der Waals surface area contributed by atoms with E-state index < -0.39 is 0 Å². The third-order valence-corrected chi connectivity index (χ3v) is 3.54. The number of carbonyl (C=O) groups excluding carboxylic acids is 1. The molecule has 1 aromatic carbocycles. The molecule has 0 saturated carbocycles. The third kappa shape index (κ3) is 2.70. The van der Waals surface area contributed by atoms with Crippen molar-refractivity contribution in [1.82, 2.24) is 9.36 Å². The maximum Gasteiger partial charge on any atom is 0.295 e. The minimum Gasteiger partial charge on any atom is -0.320 e. The van der Waals surface area contributed by atoms with E-state index in [1.807, 2.05) is 37.3 Å². The standard InChI is InChI=1S/C14H16BrN3O2/c1-10-13(16-12(19)8-9-15)14(20)18(17(10)2)11-6-4-3-5-7-11/h3-7H,8-9H2,1-2H3,(H,16,19). The average molecular weight is 338 g/mol. The topological polar surface area (TPSA) is 56.0 Å². The maximum absolute atomic E-state index is 12.5. The number of para-hydroxylation sites is 1. The van der Waals surface area contributed by atoms with Crippen molar-refractivity contribution < 1.29 is 4.79 Å². The first-order valence-electron chi connectivity index (χ1n) is 6.26. The number of anilines is 1. The smallest absolute Gasteiger partial charge is 0.295 e. The van der Waals surface area contributed by atoms with Gasteiger partial charge in [-0.25, -0.2) is 4.68 Å². The molecule has 5 nitrogen and oxygen atoms in total. The normalized spacial score (nSPS) is 10.6. The van der Waals surface area contributed by atoms with Crippen LogP contribution in [-0.2, 0) is 11.8 Å². The molecule has 20 heavy (non-hydrogen) atoms. The molecule has 0 saturated heterocycles. The summed E-state index contributed by atoms with van der Waals surface area (Å²) in [6.45, 7) is 1.81. The summed E-state index contributed by atoms with van der Waals surface area (Å²) in [5.41, 5.74) is 1.60. The Balaban J connectivity index is 2.47. The van der Waals surface area contributed by atoms with Crippen LogP contribution in [0.5, 0.6) is 0 Å². The number of alkyl halides is 1. The van der Waals surface area contributed by atoms with Crippen LogP contribution in [0, 0.1) is 6.92 Å². The summed E-state index contributed by atoms with van der Waals surface area (Å²) >= 11 is 3.21. The van der Waals surface area contributed by atoms with Crippen LogP contribution in [0.4, 0.5) is 5.69 Å². The molecule has 2 rings (SSSR count). The lowest BCUT2D eigenvalue weighted by Crippen LogP contribution is -2.22. The molecule has 1 aromatic heterocycles. The molecule has 0 aliphatic carbocycles. The number of nitrogens with one attached hydrogen (secondary N) is 1. The molecule has 2 aromatic rings. The molecule has 106 valence electrons. The molecular formula is C14H16BrN3O2. The highest BCUT2D eigenvalue weighted by Crippen LogP contribution is 2.14. The Kier molecular flexibility index (Phi) is 4.44. The first kappa shape index (κ1) is 14.6. The van der Waals surface area contributed by atoms with Gasteiger partial charge in [-0.3, -0.25) is 14.3 Å². The second-order valence-corrected chi connectivity index (χ2v) is 5.22. The molecule has 1 amide bonds. The van der Waals surface area contributed by atoms with Gasteiger partial charge in [0, 0.05) is 18.8 Å². The Morgan fingerprint density at radius 3 is 2.55 bits per heavy atom. The number of benzene rings is 1. The molecule has 0 unspecified atom stereocenters. The van der Waals surface area contributed by atoms with E-state index >= 15 is 0 Å². The second kappa shape index (κ2) is 6.09. The Morgan fingerprint density at radius 1 is 1.30 bits per heavy atom. The molecule has 1 heterocycles. The van der Waals surface area contributed by atoms with Gasteiger partial charge in [-0.1, -0.05) is 34.1 Å². The van der Waals surface area contributed by atoms with Gasteiger partial charge in [-0.15, -0.1) is 0 Å². The highest BCUT2D eigenvalue weighted by Gasteiger charge is 2.17. The largest absolute Gasteiger partial charge is 0.320 e. The van der Waals surface area contributed by atoms with E-state index in [0.29, 0.717) is 17.4 Å². The summed E-state index contributed by atoms with van der Waals surface area (Å²) in [4.78, 5) is 24.1. The first-order valence-corrected chi connectivity index (χ1v) is 7.38. The van der Waals surface area contributed by atoms with Gasteiger partial charge in [0.1, 0.15) is 5.69 Å². The van der Waals surface area contributed by atoms with Crippen LogP contribution < -0.4 is 10.9 Å². The number of hydrogen-bond acceptors (Lipinski definition) is 2. The molecule has 0 atom stereocenters. The van der Waals surface area contributed by atoms with E-state index in [4.69, 9.17) is 0 Å². The summed E-state index contributed by atoms with van der Waals surface area (Å²) in [5.74, 6) is -0.173. The molecule has 1 N–H and O–H groups in total. The van der Waals surface area contributed by atoms with Crippen molar-refractivity contribution >= 4 is 27.5 Å². The van der Waals surface area contributed by atoms with Crippen LogP contribution in [0.2, 0.25) is 0 Å². The predicted octanol–water partition coefficient (Wildman–Crippen LogP) is 2.21. The highest BCUT2D eigenvalue weighted by molar-refractivity contribution is 9.09. The summed E-state index contributed by atoms with van der Waals surface area (Å²) < 4.78 is 3.28. The molecule has 0 aliphatic rings. The molecular weight excluding hydrogens is 322 g/mol. The monoisotopic (exact) mass is 337 g/mol. The van der Waals surface area contributed by atoms with Crippen LogP contribution >= 0.6 is 15.9 Å². The number of hydrogen-bond donors (Lipinski definition) is 1. The fraction of sp³-hybridized carbons (Fsp3) is 0.286. The Morgan fingerprint density at radius 2 is 1.95 bits per heavy atom. The number of carbonyl (C=O) groups is 1. The van der Waals surface area contributed by atoms with Crippen LogP contribution in [0.15, 0.2) is 35.1 Å². The Hall–Kier alpha value is -1.82. The van der Waals surface area contributed by atoms with Crippen molar-refractivity contribution in [1.29, 1.82) is 0 Å². The highest BCUT2D eigenvalue weighted by atomic mass is 79.9. The summed E-state index contributed by atoms with van der Waals surface area (Å²) in [5, 5.41) is 3.25. The lowest BCUT2D eigenvalue weighted by Gasteiger charge is -2.07. The van der Waals surface area contributed by atoms with Crippen molar-refractivity contribution in [2.75, 3.05) is 10.6 Å². The van der Waals surface area contributed by atoms with Gasteiger partial charge in [0.2, 0.25) is 5.91 Å². The van der Waals surface area contributed by atoms with Gasteiger partial charge in [0.15, 0.2) is 0 Å². The van der Waals surface area contributed by atoms with Gasteiger partial charge in [-0.05, 0) is 19.1 Å². The minimum absolute atomic E-state index is 0.173. The fourth-order valence-electron chi connectivity index (χ4n) is 2.00. The molecule has 0 aliphatic heterocycles. The molecule has 0 radical (unpaired) electrons. The summed E-state index contributed by atoms with van der Waals surface area (Å²) in [6.07, 6.45) is 0.332. The van der Waals surface area contributed by atoms with Gasteiger partial charge >= 0.3 is 0 Å². The number of rotatable bonds is 4. The number of aromatic nitrogens is 2. The van der Waals surface area contributed by atoms with E-state index in [-0.39, 0.29) is 11.5 Å². The number of halogens is 1. The minimum atomic E-state index is -0.223. The Bertz CT molecular complexity index is 674. The van der Waals surface area contributed by atoms with Crippen molar-refractivity contribution in [3.63, 3.8) is 0 Å². The lowest BCUT2D eigenvalue weighted by atomic mass is 10.3. The predicted molar refractivity (Wildman–Crippen MR) is 82.8 cm³/mol. The zero-order valence-electron chi connectivity index (χ0n) is 11.4. The van der Waals surface area contributed by atoms with Crippen LogP contribution in [0.25, 0.3) is 5.69 Å². The van der Waals surface area contributed by atoms with E-state index in [1.165, 1.54) is 0 Å². The zero-order chi connectivity index (χ0) is 14.7. The molecule has 6 heteroatoms. The first-order chi connectivity index (χ1) is 9.56. The zero-order valence-corrected chi connectivity index (χ0v) is 13.0. The van der Waals surface area contributed by atoms with E-state index in [9.17, 15) is 9.59 Å². The maximum atomic E-state index is 12.5. The Labute approximate surface area is 125 Å². The summed E-state index contributed by atoms with van der Waals surface area (Å²) in [6, 6.07) is 9.33. The van der Waals surface area contributed by atoms with Crippen molar-refractivity contribution in [3.05, 3.63) is 46.4 Å². The average Bonchev–Trinajstić information content (AvgIpc) is 2.64. The van der Waals surface area contributed by atoms with Crippen molar-refractivity contribution in [2.45, 2.75) is 13.3 Å². The number of amides is 1. The van der Waals surface area contributed by atoms with Crippen LogP contribution in [-0.4, -0.2) is 20.6 Å². The molecule has 0 fully saturated rings. The third-order valence-electron chi connectivity index (χ3n) is 3.14. The van der Waals surface area contributed by atoms with Crippen LogP contribution in [0.3, 0.4) is 0 Å². The lowest BCUT2D eigenvalue weighted by molar-refractivity contribution is -0.115. The summed E-state index contributed by atoms with van der Waals surface area (Å²) in [7, 11) is 1.80. The van der Waals surface area contributed by atoms with Gasteiger partial charge in [-0.2, -0.15) is 0 Å².